The number of carboxylic acids is 2. The van der Waals surface area contributed by atoms with Crippen LogP contribution in [0, 0.1) is 17.3 Å². The Labute approximate surface area is 119 Å². The van der Waals surface area contributed by atoms with Gasteiger partial charge in [0.05, 0.1) is 5.92 Å². The van der Waals surface area contributed by atoms with Gasteiger partial charge in [-0.2, -0.15) is 0 Å². The Balaban J connectivity index is 0. The molecule has 4 nitrogen and oxygen atoms in total. The molecular weight excluding hydrogens is 219 g/mol. The van der Waals surface area contributed by atoms with E-state index >= 15 is 0 Å². The summed E-state index contributed by atoms with van der Waals surface area (Å²) in [6.07, 6.45) is 0.822. The fourth-order valence-corrected chi connectivity index (χ4v) is 1.45. The fourth-order valence-electron chi connectivity index (χ4n) is 1.45. The van der Waals surface area contributed by atoms with E-state index < -0.39 is 29.2 Å². The zero-order chi connectivity index (χ0) is 12.2. The van der Waals surface area contributed by atoms with E-state index in [0.29, 0.717) is 6.42 Å². The van der Waals surface area contributed by atoms with Crippen LogP contribution in [0.2, 0.25) is 0 Å². The monoisotopic (exact) mass is 238 g/mol. The summed E-state index contributed by atoms with van der Waals surface area (Å²) in [4.78, 5) is 21.6. The van der Waals surface area contributed by atoms with Crippen LogP contribution >= 0.6 is 0 Å². The van der Waals surface area contributed by atoms with E-state index in [-0.39, 0.29) is 36.0 Å². The largest absolute Gasteiger partial charge is 1.00 e. The van der Waals surface area contributed by atoms with Crippen molar-refractivity contribution in [3.63, 3.8) is 0 Å². The van der Waals surface area contributed by atoms with Crippen molar-refractivity contribution in [2.24, 2.45) is 17.3 Å². The maximum Gasteiger partial charge on any atom is 1.00 e. The molecule has 0 aliphatic rings. The van der Waals surface area contributed by atoms with Crippen LogP contribution in [0.25, 0.3) is 0 Å². The molecule has 2 atom stereocenters. The van der Waals surface area contributed by atoms with E-state index in [2.05, 4.69) is 0 Å². The molecule has 0 saturated carbocycles. The normalized spacial score (nSPS) is 14.8. The molecule has 0 aliphatic heterocycles. The summed E-state index contributed by atoms with van der Waals surface area (Å²) in [5, 5.41) is 19.6. The van der Waals surface area contributed by atoms with Gasteiger partial charge in [0.1, 0.15) is 0 Å². The van der Waals surface area contributed by atoms with E-state index in [1.54, 1.807) is 0 Å². The van der Waals surface area contributed by atoms with Gasteiger partial charge in [-0.3, -0.25) is 4.79 Å². The van der Waals surface area contributed by atoms with Crippen molar-refractivity contribution >= 4 is 11.9 Å². The fraction of sp³-hybridized carbons (Fsp3) is 0.818. The van der Waals surface area contributed by atoms with Crippen molar-refractivity contribution in [2.75, 3.05) is 0 Å². The van der Waals surface area contributed by atoms with Crippen LogP contribution in [-0.4, -0.2) is 17.0 Å². The van der Waals surface area contributed by atoms with Crippen molar-refractivity contribution in [1.29, 1.82) is 0 Å². The third-order valence-electron chi connectivity index (χ3n) is 3.14. The van der Waals surface area contributed by atoms with Crippen LogP contribution < -0.4 is 34.7 Å². The van der Waals surface area contributed by atoms with Crippen molar-refractivity contribution in [3.8, 4) is 0 Å². The summed E-state index contributed by atoms with van der Waals surface area (Å²) < 4.78 is 0. The van der Waals surface area contributed by atoms with Gasteiger partial charge in [-0.05, 0) is 17.8 Å². The molecule has 0 saturated heterocycles. The number of carbonyl (C=O) groups excluding carboxylic acids is 1. The number of carboxylic acid groups (broad SMARTS) is 2. The van der Waals surface area contributed by atoms with Crippen molar-refractivity contribution in [2.45, 2.75) is 40.5 Å². The first-order chi connectivity index (χ1) is 6.72. The Morgan fingerprint density at radius 2 is 1.81 bits per heavy atom. The zero-order valence-electron chi connectivity index (χ0n) is 10.7. The molecule has 0 spiro atoms. The quantitative estimate of drug-likeness (QED) is 0.538. The molecule has 0 aromatic carbocycles. The van der Waals surface area contributed by atoms with E-state index in [1.807, 2.05) is 20.8 Å². The minimum atomic E-state index is -1.19. The van der Waals surface area contributed by atoms with Gasteiger partial charge >= 0.3 is 35.5 Å². The summed E-state index contributed by atoms with van der Waals surface area (Å²) in [6.45, 7) is 7.07. The van der Waals surface area contributed by atoms with Crippen LogP contribution in [-0.2, 0) is 9.59 Å². The van der Waals surface area contributed by atoms with Crippen LogP contribution in [0.15, 0.2) is 0 Å². The molecule has 0 amide bonds. The molecule has 0 radical (unpaired) electrons. The first-order valence-electron chi connectivity index (χ1n) is 5.16. The molecule has 5 heteroatoms. The molecule has 0 aromatic rings. The van der Waals surface area contributed by atoms with Gasteiger partial charge in [0, 0.05) is 5.97 Å². The average Bonchev–Trinajstić information content (AvgIpc) is 2.12. The van der Waals surface area contributed by atoms with Gasteiger partial charge in [-0.1, -0.05) is 34.1 Å². The molecule has 0 aromatic heterocycles. The van der Waals surface area contributed by atoms with Crippen LogP contribution in [0.3, 0.4) is 0 Å². The number of carbonyl (C=O) groups is 2. The summed E-state index contributed by atoms with van der Waals surface area (Å²) in [5.41, 5.74) is -0.393. The summed E-state index contributed by atoms with van der Waals surface area (Å²) in [5.74, 6) is -3.49. The number of rotatable bonds is 6. The predicted molar refractivity (Wildman–Crippen MR) is 54.0 cm³/mol. The minimum Gasteiger partial charge on any atom is -0.550 e. The maximum absolute atomic E-state index is 11.0. The van der Waals surface area contributed by atoms with E-state index in [1.165, 1.54) is 6.92 Å². The number of hydrogen-bond donors (Lipinski definition) is 1. The van der Waals surface area contributed by atoms with E-state index in [4.69, 9.17) is 5.11 Å². The van der Waals surface area contributed by atoms with Crippen LogP contribution in [0.1, 0.15) is 40.5 Å². The van der Waals surface area contributed by atoms with E-state index in [0.717, 1.165) is 0 Å². The second kappa shape index (κ2) is 7.30. The number of aliphatic carboxylic acids is 2. The predicted octanol–water partition coefficient (Wildman–Crippen LogP) is -2.10. The molecule has 0 bridgehead atoms. The molecule has 0 aliphatic carbocycles. The summed E-state index contributed by atoms with van der Waals surface area (Å²) in [6, 6.07) is 0. The first kappa shape index (κ1) is 18.3. The standard InChI is InChI=1S/C11H20O4.Na/c1-5-11(3,4)8(10(14)15)6-7(2)9(12)13;/h7-8H,5-6H2,1-4H3,(H,12,13)(H,14,15);/q;+1/p-1. The van der Waals surface area contributed by atoms with E-state index in [9.17, 15) is 14.7 Å². The second-order valence-corrected chi connectivity index (χ2v) is 4.69. The Bertz CT molecular complexity index is 250. The smallest absolute Gasteiger partial charge is 0.550 e. The SMILES string of the molecule is CCC(C)(C)C(CC(C)C(=O)[O-])C(=O)O.[Na+]. The van der Waals surface area contributed by atoms with Gasteiger partial charge in [0.2, 0.25) is 0 Å². The summed E-state index contributed by atoms with van der Waals surface area (Å²) in [7, 11) is 0. The van der Waals surface area contributed by atoms with Gasteiger partial charge in [0.15, 0.2) is 0 Å². The van der Waals surface area contributed by atoms with Crippen molar-refractivity contribution in [3.05, 3.63) is 0 Å². The summed E-state index contributed by atoms with van der Waals surface area (Å²) >= 11 is 0. The molecule has 0 fully saturated rings. The zero-order valence-corrected chi connectivity index (χ0v) is 12.7. The third kappa shape index (κ3) is 5.32. The van der Waals surface area contributed by atoms with Gasteiger partial charge in [-0.25, -0.2) is 0 Å². The Morgan fingerprint density at radius 1 is 1.38 bits per heavy atom. The molecular formula is C11H19NaO4. The topological polar surface area (TPSA) is 77.4 Å². The second-order valence-electron chi connectivity index (χ2n) is 4.69. The first-order valence-corrected chi connectivity index (χ1v) is 5.16. The Hall–Kier alpha value is -0.0600. The minimum absolute atomic E-state index is 0. The molecule has 0 rings (SSSR count). The van der Waals surface area contributed by atoms with Gasteiger partial charge < -0.3 is 15.0 Å². The van der Waals surface area contributed by atoms with Crippen LogP contribution in [0.5, 0.6) is 0 Å². The van der Waals surface area contributed by atoms with Gasteiger partial charge in [-0.15, -0.1) is 0 Å². The van der Waals surface area contributed by atoms with Crippen molar-refractivity contribution in [1.82, 2.24) is 0 Å². The third-order valence-corrected chi connectivity index (χ3v) is 3.14. The Kier molecular flexibility index (Phi) is 8.36. The maximum atomic E-state index is 11.0. The molecule has 1 N–H and O–H groups in total. The Morgan fingerprint density at radius 3 is 2.06 bits per heavy atom. The van der Waals surface area contributed by atoms with Crippen LogP contribution in [0.4, 0.5) is 0 Å². The molecule has 0 heterocycles. The van der Waals surface area contributed by atoms with Crippen molar-refractivity contribution < 1.29 is 49.4 Å². The molecule has 2 unspecified atom stereocenters. The molecule has 16 heavy (non-hydrogen) atoms. The number of hydrogen-bond acceptors (Lipinski definition) is 3. The molecule has 88 valence electrons. The average molecular weight is 238 g/mol. The van der Waals surface area contributed by atoms with Gasteiger partial charge in [0.25, 0.3) is 0 Å².